The first-order valence-corrected chi connectivity index (χ1v) is 8.56. The van der Waals surface area contributed by atoms with Crippen LogP contribution >= 0.6 is 11.6 Å². The maximum Gasteiger partial charge on any atom is 0.0888 e. The molecule has 1 N–H and O–H groups in total. The predicted octanol–water partition coefficient (Wildman–Crippen LogP) is 3.95. The average molecular weight is 314 g/mol. The normalized spacial score (nSPS) is 20.2. The number of ether oxygens (including phenoxy) is 1. The number of aromatic nitrogens is 2. The lowest BCUT2D eigenvalue weighted by Crippen LogP contribution is -2.46. The summed E-state index contributed by atoms with van der Waals surface area (Å²) in [5.74, 6) is 0. The van der Waals surface area contributed by atoms with Crippen molar-refractivity contribution in [2.75, 3.05) is 13.7 Å². The van der Waals surface area contributed by atoms with E-state index in [1.54, 1.807) is 6.20 Å². The molecule has 0 bridgehead atoms. The lowest BCUT2D eigenvalue weighted by atomic mass is 9.84. The van der Waals surface area contributed by atoms with Crippen molar-refractivity contribution in [3.63, 3.8) is 0 Å². The summed E-state index contributed by atoms with van der Waals surface area (Å²) in [6.07, 6.45) is 8.93. The van der Waals surface area contributed by atoms with Crippen LogP contribution in [0.3, 0.4) is 0 Å². The molecule has 1 fully saturated rings. The van der Waals surface area contributed by atoms with E-state index in [1.807, 2.05) is 11.8 Å². The van der Waals surface area contributed by atoms with Crippen LogP contribution in [0.2, 0.25) is 5.02 Å². The molecule has 0 aliphatic heterocycles. The minimum atomic E-state index is -0.177. The molecule has 0 spiro atoms. The van der Waals surface area contributed by atoms with Gasteiger partial charge in [-0.25, -0.2) is 0 Å². The number of hydrogen-bond acceptors (Lipinski definition) is 3. The van der Waals surface area contributed by atoms with E-state index in [0.717, 1.165) is 36.6 Å². The largest absolute Gasteiger partial charge is 0.376 e. The monoisotopic (exact) mass is 313 g/mol. The van der Waals surface area contributed by atoms with Gasteiger partial charge >= 0.3 is 0 Å². The second kappa shape index (κ2) is 7.61. The first-order valence-electron chi connectivity index (χ1n) is 8.18. The third kappa shape index (κ3) is 3.43. The molecule has 1 atom stereocenters. The van der Waals surface area contributed by atoms with Crippen molar-refractivity contribution in [2.24, 2.45) is 0 Å². The molecule has 4 nitrogen and oxygen atoms in total. The SMILES string of the molecule is CCNC(c1c(Cl)cnn1CC)C1(OC)CCCCCC1. The van der Waals surface area contributed by atoms with E-state index in [2.05, 4.69) is 24.3 Å². The molecule has 2 rings (SSSR count). The van der Waals surface area contributed by atoms with Crippen molar-refractivity contribution < 1.29 is 4.74 Å². The number of methoxy groups -OCH3 is 1. The van der Waals surface area contributed by atoms with Gasteiger partial charge in [0.05, 0.1) is 28.6 Å². The standard InChI is InChI=1S/C16H28ClN3O/c1-4-18-15(14-13(17)12-19-20(14)5-2)16(21-3)10-8-6-7-9-11-16/h12,15,18H,4-11H2,1-3H3. The van der Waals surface area contributed by atoms with Gasteiger partial charge in [-0.3, -0.25) is 4.68 Å². The molecule has 21 heavy (non-hydrogen) atoms. The Morgan fingerprint density at radius 1 is 1.33 bits per heavy atom. The lowest BCUT2D eigenvalue weighted by molar-refractivity contribution is -0.0557. The summed E-state index contributed by atoms with van der Waals surface area (Å²) in [5, 5.41) is 8.77. The number of likely N-dealkylation sites (N-methyl/N-ethyl adjacent to an activating group) is 1. The summed E-state index contributed by atoms with van der Waals surface area (Å²) < 4.78 is 8.09. The zero-order valence-corrected chi connectivity index (χ0v) is 14.2. The Bertz CT molecular complexity index is 439. The molecule has 0 radical (unpaired) electrons. The highest BCUT2D eigenvalue weighted by atomic mass is 35.5. The van der Waals surface area contributed by atoms with Gasteiger partial charge in [0, 0.05) is 13.7 Å². The van der Waals surface area contributed by atoms with Crippen molar-refractivity contribution in [1.82, 2.24) is 15.1 Å². The van der Waals surface area contributed by atoms with E-state index in [-0.39, 0.29) is 11.6 Å². The van der Waals surface area contributed by atoms with E-state index in [4.69, 9.17) is 16.3 Å². The van der Waals surface area contributed by atoms with Crippen LogP contribution < -0.4 is 5.32 Å². The van der Waals surface area contributed by atoms with Crippen LogP contribution in [0.15, 0.2) is 6.20 Å². The highest BCUT2D eigenvalue weighted by Crippen LogP contribution is 2.42. The van der Waals surface area contributed by atoms with Crippen molar-refractivity contribution in [3.05, 3.63) is 16.9 Å². The minimum Gasteiger partial charge on any atom is -0.376 e. The highest BCUT2D eigenvalue weighted by Gasteiger charge is 2.42. The van der Waals surface area contributed by atoms with Gasteiger partial charge in [-0.2, -0.15) is 5.10 Å². The molecule has 1 aliphatic rings. The predicted molar refractivity (Wildman–Crippen MR) is 86.8 cm³/mol. The topological polar surface area (TPSA) is 39.1 Å². The molecular formula is C16H28ClN3O. The van der Waals surface area contributed by atoms with Gasteiger partial charge in [0.1, 0.15) is 0 Å². The van der Waals surface area contributed by atoms with Crippen LogP contribution in [0.5, 0.6) is 0 Å². The summed E-state index contributed by atoms with van der Waals surface area (Å²) in [4.78, 5) is 0. The summed E-state index contributed by atoms with van der Waals surface area (Å²) in [7, 11) is 1.84. The lowest BCUT2D eigenvalue weighted by Gasteiger charge is -2.40. The zero-order chi connectivity index (χ0) is 15.3. The molecule has 1 saturated carbocycles. The average Bonchev–Trinajstić information content (AvgIpc) is 2.72. The fourth-order valence-corrected chi connectivity index (χ4v) is 3.83. The van der Waals surface area contributed by atoms with Crippen molar-refractivity contribution in [3.8, 4) is 0 Å². The molecule has 120 valence electrons. The van der Waals surface area contributed by atoms with Gasteiger partial charge in [-0.1, -0.05) is 44.2 Å². The fraction of sp³-hybridized carbons (Fsp3) is 0.812. The number of hydrogen-bond donors (Lipinski definition) is 1. The van der Waals surface area contributed by atoms with Crippen LogP contribution in [-0.4, -0.2) is 29.0 Å². The molecule has 5 heteroatoms. The number of nitrogens with zero attached hydrogens (tertiary/aromatic N) is 2. The van der Waals surface area contributed by atoms with Gasteiger partial charge in [0.2, 0.25) is 0 Å². The van der Waals surface area contributed by atoms with Crippen LogP contribution in [0.25, 0.3) is 0 Å². The third-order valence-electron chi connectivity index (χ3n) is 4.70. The van der Waals surface area contributed by atoms with Crippen molar-refractivity contribution in [1.29, 1.82) is 0 Å². The molecule has 1 aliphatic carbocycles. The Hall–Kier alpha value is -0.580. The number of nitrogens with one attached hydrogen (secondary N) is 1. The van der Waals surface area contributed by atoms with Crippen LogP contribution in [0.4, 0.5) is 0 Å². The third-order valence-corrected chi connectivity index (χ3v) is 4.99. The summed E-state index contributed by atoms with van der Waals surface area (Å²) in [5.41, 5.74) is 0.896. The second-order valence-electron chi connectivity index (χ2n) is 5.87. The van der Waals surface area contributed by atoms with Crippen molar-refractivity contribution >= 4 is 11.6 Å². The summed E-state index contributed by atoms with van der Waals surface area (Å²) in [6, 6.07) is 0.0977. The van der Waals surface area contributed by atoms with Gasteiger partial charge in [-0.05, 0) is 26.3 Å². The Balaban J connectivity index is 2.42. The first-order chi connectivity index (χ1) is 10.2. The smallest absolute Gasteiger partial charge is 0.0888 e. The Kier molecular flexibility index (Phi) is 6.08. The van der Waals surface area contributed by atoms with Gasteiger partial charge in [-0.15, -0.1) is 0 Å². The molecule has 1 aromatic rings. The second-order valence-corrected chi connectivity index (χ2v) is 6.27. The van der Waals surface area contributed by atoms with Gasteiger partial charge < -0.3 is 10.1 Å². The molecule has 0 saturated heterocycles. The van der Waals surface area contributed by atoms with Crippen molar-refractivity contribution in [2.45, 2.75) is 70.6 Å². The van der Waals surface area contributed by atoms with Crippen LogP contribution in [-0.2, 0) is 11.3 Å². The van der Waals surface area contributed by atoms with Crippen LogP contribution in [0.1, 0.15) is 64.1 Å². The maximum atomic E-state index is 6.45. The minimum absolute atomic E-state index is 0.0977. The van der Waals surface area contributed by atoms with Gasteiger partial charge in [0.15, 0.2) is 0 Å². The molecular weight excluding hydrogens is 286 g/mol. The Labute approximate surface area is 133 Å². The molecule has 0 amide bonds. The molecule has 1 heterocycles. The summed E-state index contributed by atoms with van der Waals surface area (Å²) in [6.45, 7) is 5.95. The van der Waals surface area contributed by atoms with E-state index in [9.17, 15) is 0 Å². The van der Waals surface area contributed by atoms with Crippen LogP contribution in [0, 0.1) is 0 Å². The van der Waals surface area contributed by atoms with E-state index in [0.29, 0.717) is 0 Å². The fourth-order valence-electron chi connectivity index (χ4n) is 3.58. The van der Waals surface area contributed by atoms with E-state index >= 15 is 0 Å². The highest BCUT2D eigenvalue weighted by molar-refractivity contribution is 6.31. The summed E-state index contributed by atoms with van der Waals surface area (Å²) >= 11 is 6.45. The Morgan fingerprint density at radius 3 is 2.52 bits per heavy atom. The van der Waals surface area contributed by atoms with E-state index in [1.165, 1.54) is 25.7 Å². The zero-order valence-electron chi connectivity index (χ0n) is 13.5. The molecule has 1 unspecified atom stereocenters. The number of rotatable bonds is 6. The molecule has 0 aromatic carbocycles. The number of halogens is 1. The molecule has 1 aromatic heterocycles. The quantitative estimate of drug-likeness (QED) is 0.808. The number of aryl methyl sites for hydroxylation is 1. The first kappa shape index (κ1) is 16.8. The van der Waals surface area contributed by atoms with Gasteiger partial charge in [0.25, 0.3) is 0 Å². The maximum absolute atomic E-state index is 6.45. The Morgan fingerprint density at radius 2 is 2.00 bits per heavy atom. The van der Waals surface area contributed by atoms with E-state index < -0.39 is 0 Å².